The third-order valence-electron chi connectivity index (χ3n) is 6.57. The van der Waals surface area contributed by atoms with Gasteiger partial charge in [0.25, 0.3) is 10.0 Å². The second-order valence-corrected chi connectivity index (χ2v) is 10.3. The summed E-state index contributed by atoms with van der Waals surface area (Å²) in [6.45, 7) is 0. The summed E-state index contributed by atoms with van der Waals surface area (Å²) in [4.78, 5) is 0.309. The number of nitrogens with zero attached hydrogens (tertiary/aromatic N) is 1. The van der Waals surface area contributed by atoms with Crippen LogP contribution in [0.2, 0.25) is 0 Å². The molecule has 0 amide bonds. The predicted octanol–water partition coefficient (Wildman–Crippen LogP) is 5.35. The normalized spacial score (nSPS) is 21.4. The van der Waals surface area contributed by atoms with Gasteiger partial charge in [0.2, 0.25) is 0 Å². The molecule has 0 fully saturated rings. The number of rotatable bonds is 5. The minimum atomic E-state index is -3.66. The van der Waals surface area contributed by atoms with E-state index in [1.807, 2.05) is 42.5 Å². The van der Waals surface area contributed by atoms with Crippen molar-refractivity contribution in [2.45, 2.75) is 23.3 Å². The van der Waals surface area contributed by atoms with Gasteiger partial charge in [-0.1, -0.05) is 42.5 Å². The first-order chi connectivity index (χ1) is 15.5. The molecule has 5 nitrogen and oxygen atoms in total. The Bertz CT molecular complexity index is 1270. The van der Waals surface area contributed by atoms with Crippen LogP contribution in [-0.4, -0.2) is 22.6 Å². The molecule has 3 aromatic rings. The number of fused-ring (bicyclic) bond motifs is 3. The van der Waals surface area contributed by atoms with Gasteiger partial charge in [-0.2, -0.15) is 0 Å². The average Bonchev–Trinajstić information content (AvgIpc) is 3.33. The summed E-state index contributed by atoms with van der Waals surface area (Å²) >= 11 is 0. The molecule has 0 bridgehead atoms. The van der Waals surface area contributed by atoms with Crippen molar-refractivity contribution in [3.05, 3.63) is 96.1 Å². The van der Waals surface area contributed by atoms with Crippen molar-refractivity contribution in [1.29, 1.82) is 0 Å². The van der Waals surface area contributed by atoms with Crippen molar-refractivity contribution >= 4 is 21.4 Å². The van der Waals surface area contributed by atoms with E-state index in [1.165, 1.54) is 9.87 Å². The third-order valence-corrected chi connectivity index (χ3v) is 8.35. The van der Waals surface area contributed by atoms with Crippen LogP contribution in [0, 0.1) is 5.92 Å². The van der Waals surface area contributed by atoms with Crippen molar-refractivity contribution < 1.29 is 13.2 Å². The molecular formula is C26H26N2O3S. The van der Waals surface area contributed by atoms with Crippen LogP contribution in [0.25, 0.3) is 0 Å². The van der Waals surface area contributed by atoms with Crippen LogP contribution >= 0.6 is 0 Å². The van der Waals surface area contributed by atoms with Gasteiger partial charge in [-0.15, -0.1) is 0 Å². The van der Waals surface area contributed by atoms with Gasteiger partial charge in [0, 0.05) is 18.7 Å². The maximum absolute atomic E-state index is 13.3. The molecule has 0 radical (unpaired) electrons. The van der Waals surface area contributed by atoms with Crippen LogP contribution in [-0.2, 0) is 10.0 Å². The summed E-state index contributed by atoms with van der Waals surface area (Å²) in [6, 6.07) is 22.9. The van der Waals surface area contributed by atoms with Crippen molar-refractivity contribution in [2.75, 3.05) is 23.8 Å². The summed E-state index contributed by atoms with van der Waals surface area (Å²) in [5.74, 6) is 1.32. The smallest absolute Gasteiger partial charge is 0.264 e. The van der Waals surface area contributed by atoms with E-state index < -0.39 is 10.0 Å². The quantitative estimate of drug-likeness (QED) is 0.537. The number of sulfonamides is 1. The van der Waals surface area contributed by atoms with Gasteiger partial charge >= 0.3 is 0 Å². The molecule has 3 atom stereocenters. The summed E-state index contributed by atoms with van der Waals surface area (Å²) in [5, 5.41) is 3.67. The Morgan fingerprint density at radius 3 is 2.59 bits per heavy atom. The Kier molecular flexibility index (Phi) is 5.18. The fourth-order valence-corrected chi connectivity index (χ4v) is 6.06. The van der Waals surface area contributed by atoms with E-state index in [0.29, 0.717) is 16.5 Å². The molecule has 1 aliphatic heterocycles. The molecule has 0 spiro atoms. The fraction of sp³-hybridized carbons (Fsp3) is 0.231. The van der Waals surface area contributed by atoms with Gasteiger partial charge < -0.3 is 10.1 Å². The largest absolute Gasteiger partial charge is 0.497 e. The van der Waals surface area contributed by atoms with Crippen molar-refractivity contribution in [3.63, 3.8) is 0 Å². The number of allylic oxidation sites excluding steroid dienone is 2. The number of anilines is 2. The van der Waals surface area contributed by atoms with E-state index in [2.05, 4.69) is 29.6 Å². The highest BCUT2D eigenvalue weighted by Crippen LogP contribution is 2.50. The zero-order valence-electron chi connectivity index (χ0n) is 18.1. The molecule has 0 saturated carbocycles. The van der Waals surface area contributed by atoms with Gasteiger partial charge in [-0.3, -0.25) is 4.31 Å². The van der Waals surface area contributed by atoms with Gasteiger partial charge in [0.15, 0.2) is 0 Å². The summed E-state index contributed by atoms with van der Waals surface area (Å²) in [5.41, 5.74) is 3.83. The predicted molar refractivity (Wildman–Crippen MR) is 128 cm³/mol. The Morgan fingerprint density at radius 1 is 1.00 bits per heavy atom. The minimum Gasteiger partial charge on any atom is -0.497 e. The maximum Gasteiger partial charge on any atom is 0.264 e. The molecule has 2 aliphatic rings. The lowest BCUT2D eigenvalue weighted by Crippen LogP contribution is -2.30. The number of methoxy groups -OCH3 is 1. The van der Waals surface area contributed by atoms with E-state index >= 15 is 0 Å². The van der Waals surface area contributed by atoms with Crippen LogP contribution in [0.4, 0.5) is 11.4 Å². The molecule has 32 heavy (non-hydrogen) atoms. The monoisotopic (exact) mass is 446 g/mol. The molecule has 0 aromatic heterocycles. The molecule has 3 unspecified atom stereocenters. The van der Waals surface area contributed by atoms with Gasteiger partial charge in [-0.05, 0) is 65.9 Å². The maximum atomic E-state index is 13.3. The van der Waals surface area contributed by atoms with Crippen LogP contribution < -0.4 is 14.4 Å². The number of para-hydroxylation sites is 1. The Hall–Kier alpha value is -3.25. The lowest BCUT2D eigenvalue weighted by Gasteiger charge is -2.38. The fourth-order valence-electron chi connectivity index (χ4n) is 4.83. The second-order valence-electron chi connectivity index (χ2n) is 8.31. The Balaban J connectivity index is 1.52. The van der Waals surface area contributed by atoms with Crippen LogP contribution in [0.3, 0.4) is 0 Å². The zero-order chi connectivity index (χ0) is 22.3. The number of benzene rings is 3. The standard InChI is InChI=1S/C26H26N2O3S/c1-28(19-9-4-3-5-10-19)32(29,30)21-14-15-25-24(17-21)22-12-7-13-23(22)26(27-25)18-8-6-11-20(16-18)31-2/h3-12,14-17,22-23,26-27H,13H2,1-2H3. The molecule has 1 aliphatic carbocycles. The molecule has 5 rings (SSSR count). The third kappa shape index (κ3) is 3.45. The molecule has 0 saturated heterocycles. The minimum absolute atomic E-state index is 0.132. The molecule has 3 aromatic carbocycles. The number of ether oxygens (including phenoxy) is 1. The lowest BCUT2D eigenvalue weighted by molar-refractivity contribution is 0.406. The van der Waals surface area contributed by atoms with E-state index in [0.717, 1.165) is 23.4 Å². The van der Waals surface area contributed by atoms with E-state index in [9.17, 15) is 8.42 Å². The number of hydrogen-bond acceptors (Lipinski definition) is 4. The molecule has 6 heteroatoms. The van der Waals surface area contributed by atoms with Gasteiger partial charge in [0.1, 0.15) is 5.75 Å². The highest BCUT2D eigenvalue weighted by atomic mass is 32.2. The van der Waals surface area contributed by atoms with E-state index in [-0.39, 0.29) is 12.0 Å². The molecular weight excluding hydrogens is 420 g/mol. The SMILES string of the molecule is COc1cccc(C2Nc3ccc(S(=O)(=O)N(C)c4ccccc4)cc3C3C=CCC32)c1. The lowest BCUT2D eigenvalue weighted by atomic mass is 9.77. The summed E-state index contributed by atoms with van der Waals surface area (Å²) in [6.07, 6.45) is 5.37. The van der Waals surface area contributed by atoms with Crippen LogP contribution in [0.15, 0.2) is 89.8 Å². The molecule has 164 valence electrons. The summed E-state index contributed by atoms with van der Waals surface area (Å²) in [7, 11) is -0.390. The molecule has 1 N–H and O–H groups in total. The Morgan fingerprint density at radius 2 is 1.81 bits per heavy atom. The van der Waals surface area contributed by atoms with Crippen LogP contribution in [0.1, 0.15) is 29.5 Å². The zero-order valence-corrected chi connectivity index (χ0v) is 18.9. The number of hydrogen-bond donors (Lipinski definition) is 1. The van der Waals surface area contributed by atoms with E-state index in [1.54, 1.807) is 32.4 Å². The second kappa shape index (κ2) is 8.02. The van der Waals surface area contributed by atoms with Crippen molar-refractivity contribution in [3.8, 4) is 5.75 Å². The van der Waals surface area contributed by atoms with Crippen molar-refractivity contribution in [1.82, 2.24) is 0 Å². The van der Waals surface area contributed by atoms with Gasteiger partial charge in [-0.25, -0.2) is 8.42 Å². The highest BCUT2D eigenvalue weighted by molar-refractivity contribution is 7.92. The first-order valence-electron chi connectivity index (χ1n) is 10.7. The summed E-state index contributed by atoms with van der Waals surface area (Å²) < 4.78 is 33.4. The Labute approximate surface area is 189 Å². The average molecular weight is 447 g/mol. The topological polar surface area (TPSA) is 58.6 Å². The molecule has 1 heterocycles. The first-order valence-corrected chi connectivity index (χ1v) is 12.2. The number of nitrogens with one attached hydrogen (secondary N) is 1. The van der Waals surface area contributed by atoms with Crippen LogP contribution in [0.5, 0.6) is 5.75 Å². The first kappa shape index (κ1) is 20.6. The highest BCUT2D eigenvalue weighted by Gasteiger charge is 2.38. The van der Waals surface area contributed by atoms with Crippen molar-refractivity contribution in [2.24, 2.45) is 5.92 Å². The van der Waals surface area contributed by atoms with E-state index in [4.69, 9.17) is 4.74 Å². The van der Waals surface area contributed by atoms with Gasteiger partial charge in [0.05, 0.1) is 23.7 Å².